The van der Waals surface area contributed by atoms with Crippen molar-refractivity contribution in [3.8, 4) is 0 Å². The molecule has 1 N–H and O–H groups in total. The molecule has 2 fully saturated rings. The van der Waals surface area contributed by atoms with Gasteiger partial charge in [0.2, 0.25) is 0 Å². The van der Waals surface area contributed by atoms with E-state index in [0.717, 1.165) is 10.4 Å². The van der Waals surface area contributed by atoms with Crippen LogP contribution in [0, 0.1) is 5.92 Å². The quantitative estimate of drug-likeness (QED) is 0.350. The Morgan fingerprint density at radius 1 is 0.971 bits per heavy atom. The minimum absolute atomic E-state index is 0.0422. The summed E-state index contributed by atoms with van der Waals surface area (Å²) < 4.78 is 24.7. The van der Waals surface area contributed by atoms with Crippen molar-refractivity contribution in [2.24, 2.45) is 5.92 Å². The number of hydrogen-bond acceptors (Lipinski definition) is 6. The van der Waals surface area contributed by atoms with Gasteiger partial charge >= 0.3 is 8.32 Å². The van der Waals surface area contributed by atoms with Crippen LogP contribution in [0.4, 0.5) is 0 Å². The Kier molecular flexibility index (Phi) is 7.64. The van der Waals surface area contributed by atoms with Gasteiger partial charge in [-0.3, -0.25) is 4.58 Å². The fourth-order valence-corrected chi connectivity index (χ4v) is 9.36. The molecule has 0 unspecified atom stereocenters. The highest BCUT2D eigenvalue weighted by Gasteiger charge is 2.54. The summed E-state index contributed by atoms with van der Waals surface area (Å²) in [6.45, 7) is 11.3. The van der Waals surface area contributed by atoms with Crippen LogP contribution in [0.15, 0.2) is 60.7 Å². The summed E-state index contributed by atoms with van der Waals surface area (Å²) in [5, 5.41) is 11.9. The zero-order valence-corrected chi connectivity index (χ0v) is 21.9. The molecule has 7 heteroatoms. The molecule has 0 amide bonds. The Hall–Kier alpha value is -1.58. The van der Waals surface area contributed by atoms with Crippen LogP contribution < -0.4 is 10.4 Å². The lowest BCUT2D eigenvalue weighted by atomic mass is 9.92. The van der Waals surface area contributed by atoms with Crippen LogP contribution >= 0.6 is 0 Å². The molecule has 0 aliphatic carbocycles. The molecular weight excluding hydrogens is 448 g/mol. The molecular formula is C27H38O6Si. The van der Waals surface area contributed by atoms with Gasteiger partial charge in [-0.05, 0) is 35.7 Å². The van der Waals surface area contributed by atoms with E-state index in [0.29, 0.717) is 19.6 Å². The lowest BCUT2D eigenvalue weighted by Gasteiger charge is -2.42. The first-order chi connectivity index (χ1) is 16.2. The molecule has 0 radical (unpaired) electrons. The summed E-state index contributed by atoms with van der Waals surface area (Å²) >= 11 is 0. The summed E-state index contributed by atoms with van der Waals surface area (Å²) in [6, 6.07) is 20.8. The molecule has 6 nitrogen and oxygen atoms in total. The lowest BCUT2D eigenvalue weighted by molar-refractivity contribution is -0.263. The molecule has 4 rings (SSSR count). The molecule has 4 atom stereocenters. The smallest absolute Gasteiger partial charge is 0.305 e. The van der Waals surface area contributed by atoms with Crippen molar-refractivity contribution in [2.45, 2.75) is 70.2 Å². The van der Waals surface area contributed by atoms with E-state index >= 15 is 0 Å². The van der Waals surface area contributed by atoms with Crippen molar-refractivity contribution < 1.29 is 28.8 Å². The second kappa shape index (κ2) is 10.2. The van der Waals surface area contributed by atoms with E-state index in [1.54, 1.807) is 0 Å². The Balaban J connectivity index is 1.62. The largest absolute Gasteiger partial charge is 0.396 e. The van der Waals surface area contributed by atoms with E-state index in [9.17, 15) is 5.11 Å². The highest BCUT2D eigenvalue weighted by molar-refractivity contribution is 6.99. The van der Waals surface area contributed by atoms with Crippen LogP contribution in [0.1, 0.15) is 41.0 Å². The molecule has 2 aliphatic heterocycles. The summed E-state index contributed by atoms with van der Waals surface area (Å²) in [5.41, 5.74) is 0. The topological polar surface area (TPSA) is 66.4 Å². The minimum atomic E-state index is -2.84. The van der Waals surface area contributed by atoms with Gasteiger partial charge < -0.3 is 19.3 Å². The SMILES string of the molecule is CC1(C)OC[C@H]([C@H]2OC[C@H](OO[Si](c3ccccc3)(c3ccccc3)C(C)(C)C)[C@@H]2CCO)O1. The Morgan fingerprint density at radius 2 is 1.56 bits per heavy atom. The fourth-order valence-electron chi connectivity index (χ4n) is 5.26. The second-order valence-electron chi connectivity index (χ2n) is 10.7. The zero-order chi connectivity index (χ0) is 24.4. The Morgan fingerprint density at radius 3 is 2.03 bits per heavy atom. The van der Waals surface area contributed by atoms with Gasteiger partial charge in [0.25, 0.3) is 0 Å². The van der Waals surface area contributed by atoms with E-state index in [1.165, 1.54) is 0 Å². The first kappa shape index (κ1) is 25.5. The van der Waals surface area contributed by atoms with Crippen molar-refractivity contribution in [2.75, 3.05) is 19.8 Å². The van der Waals surface area contributed by atoms with E-state index in [2.05, 4.69) is 69.3 Å². The molecule has 0 aromatic heterocycles. The van der Waals surface area contributed by atoms with Crippen LogP contribution in [-0.4, -0.2) is 57.3 Å². The molecule has 2 aliphatic rings. The summed E-state index contributed by atoms with van der Waals surface area (Å²) in [7, 11) is -2.84. The number of benzene rings is 2. The number of rotatable bonds is 8. The van der Waals surface area contributed by atoms with Crippen LogP contribution in [0.5, 0.6) is 0 Å². The van der Waals surface area contributed by atoms with E-state index < -0.39 is 14.1 Å². The first-order valence-electron chi connectivity index (χ1n) is 12.2. The van der Waals surface area contributed by atoms with Gasteiger partial charge in [-0.25, -0.2) is 4.89 Å². The minimum Gasteiger partial charge on any atom is -0.396 e. The van der Waals surface area contributed by atoms with Crippen molar-refractivity contribution in [3.63, 3.8) is 0 Å². The van der Waals surface area contributed by atoms with Gasteiger partial charge in [0, 0.05) is 12.5 Å². The van der Waals surface area contributed by atoms with E-state index in [-0.39, 0.29) is 35.9 Å². The van der Waals surface area contributed by atoms with Crippen molar-refractivity contribution >= 4 is 18.7 Å². The maximum atomic E-state index is 9.81. The van der Waals surface area contributed by atoms with Crippen LogP contribution in [0.3, 0.4) is 0 Å². The number of aliphatic hydroxyl groups excluding tert-OH is 1. The third-order valence-corrected chi connectivity index (χ3v) is 11.7. The molecule has 0 saturated carbocycles. The summed E-state index contributed by atoms with van der Waals surface area (Å²) in [6.07, 6.45) is -0.194. The van der Waals surface area contributed by atoms with Gasteiger partial charge in [-0.1, -0.05) is 81.4 Å². The average Bonchev–Trinajstić information content (AvgIpc) is 3.37. The number of aliphatic hydroxyl groups is 1. The standard InChI is InChI=1S/C27H38O6Si/c1-26(2,3)34(20-12-8-6-9-13-20,21-14-10-7-11-15-21)33-32-23-18-29-25(22(23)16-17-28)24-19-30-27(4,5)31-24/h6-15,22-25,28H,16-19H2,1-5H3/t22-,23-,24+,25-/m0/s1. The van der Waals surface area contributed by atoms with Gasteiger partial charge in [-0.15, -0.1) is 0 Å². The van der Waals surface area contributed by atoms with Crippen molar-refractivity contribution in [3.05, 3.63) is 60.7 Å². The van der Waals surface area contributed by atoms with Gasteiger partial charge in [0.05, 0.1) is 19.3 Å². The summed E-state index contributed by atoms with van der Waals surface area (Å²) in [4.78, 5) is 6.34. The Bertz CT molecular complexity index is 874. The molecule has 0 spiro atoms. The number of hydrogen-bond donors (Lipinski definition) is 1. The van der Waals surface area contributed by atoms with Crippen LogP contribution in [-0.2, 0) is 23.7 Å². The molecule has 186 valence electrons. The first-order valence-corrected chi connectivity index (χ1v) is 14.1. The number of ether oxygens (including phenoxy) is 3. The van der Waals surface area contributed by atoms with Crippen molar-refractivity contribution in [1.82, 2.24) is 0 Å². The monoisotopic (exact) mass is 486 g/mol. The van der Waals surface area contributed by atoms with E-state index in [4.69, 9.17) is 23.7 Å². The predicted octanol–water partition coefficient (Wildman–Crippen LogP) is 3.41. The highest BCUT2D eigenvalue weighted by atomic mass is 28.4. The van der Waals surface area contributed by atoms with Gasteiger partial charge in [0.1, 0.15) is 12.2 Å². The van der Waals surface area contributed by atoms with Crippen LogP contribution in [0.25, 0.3) is 0 Å². The second-order valence-corrected chi connectivity index (χ2v) is 14.9. The van der Waals surface area contributed by atoms with Crippen molar-refractivity contribution in [1.29, 1.82) is 0 Å². The normalized spacial score (nSPS) is 27.2. The van der Waals surface area contributed by atoms with Crippen LogP contribution in [0.2, 0.25) is 5.04 Å². The fraction of sp³-hybridized carbons (Fsp3) is 0.556. The Labute approximate surface area is 204 Å². The average molecular weight is 487 g/mol. The predicted molar refractivity (Wildman–Crippen MR) is 133 cm³/mol. The maximum Gasteiger partial charge on any atom is 0.305 e. The molecule has 2 saturated heterocycles. The molecule has 2 aromatic rings. The zero-order valence-electron chi connectivity index (χ0n) is 20.9. The molecule has 2 heterocycles. The third kappa shape index (κ3) is 5.02. The highest BCUT2D eigenvalue weighted by Crippen LogP contribution is 2.39. The third-order valence-electron chi connectivity index (χ3n) is 6.93. The maximum absolute atomic E-state index is 9.81. The molecule has 0 bridgehead atoms. The van der Waals surface area contributed by atoms with Gasteiger partial charge in [-0.2, -0.15) is 0 Å². The molecule has 2 aromatic carbocycles. The summed E-state index contributed by atoms with van der Waals surface area (Å²) in [5.74, 6) is -0.701. The van der Waals surface area contributed by atoms with E-state index in [1.807, 2.05) is 26.0 Å². The molecule has 34 heavy (non-hydrogen) atoms. The lowest BCUT2D eigenvalue weighted by Crippen LogP contribution is -2.66. The van der Waals surface area contributed by atoms with Gasteiger partial charge in [0.15, 0.2) is 5.79 Å².